The lowest BCUT2D eigenvalue weighted by Gasteiger charge is -2.27. The molecule has 2 unspecified atom stereocenters. The van der Waals surface area contributed by atoms with Crippen LogP contribution in [0.3, 0.4) is 0 Å². The number of para-hydroxylation sites is 1. The van der Waals surface area contributed by atoms with Crippen molar-refractivity contribution in [1.82, 2.24) is 0 Å². The molecule has 0 aromatic heterocycles. The zero-order valence-corrected chi connectivity index (χ0v) is 12.8. The van der Waals surface area contributed by atoms with Gasteiger partial charge in [0.05, 0.1) is 6.04 Å². The number of nitrogens with one attached hydrogen (secondary N) is 1. The van der Waals surface area contributed by atoms with E-state index in [1.807, 2.05) is 6.07 Å². The van der Waals surface area contributed by atoms with Crippen molar-refractivity contribution in [1.29, 1.82) is 0 Å². The molecular weight excluding hydrogens is 266 g/mol. The molecule has 0 amide bonds. The highest BCUT2D eigenvalue weighted by Gasteiger charge is 2.20. The lowest BCUT2D eigenvalue weighted by atomic mass is 9.88. The highest BCUT2D eigenvalue weighted by Crippen LogP contribution is 2.33. The van der Waals surface area contributed by atoms with Crippen molar-refractivity contribution >= 4 is 5.69 Å². The van der Waals surface area contributed by atoms with Gasteiger partial charge < -0.3 is 5.32 Å². The molecule has 1 N–H and O–H groups in total. The Morgan fingerprint density at radius 2 is 1.05 bits per heavy atom. The second kappa shape index (κ2) is 6.95. The standard InChI is InChI=1S/C21H21N/c1-17(18-11-5-2-6-12-18)21(19-13-7-3-8-14-19)22-20-15-9-4-10-16-20/h2-17,21-22H,1H3. The van der Waals surface area contributed by atoms with Crippen molar-refractivity contribution in [2.45, 2.75) is 18.9 Å². The molecule has 0 saturated carbocycles. The van der Waals surface area contributed by atoms with Crippen LogP contribution in [-0.2, 0) is 0 Å². The average Bonchev–Trinajstić information content (AvgIpc) is 2.61. The zero-order valence-electron chi connectivity index (χ0n) is 12.8. The smallest absolute Gasteiger partial charge is 0.0579 e. The first kappa shape index (κ1) is 14.4. The van der Waals surface area contributed by atoms with Crippen molar-refractivity contribution in [3.8, 4) is 0 Å². The van der Waals surface area contributed by atoms with Crippen LogP contribution in [0.5, 0.6) is 0 Å². The van der Waals surface area contributed by atoms with Gasteiger partial charge in [0.1, 0.15) is 0 Å². The summed E-state index contributed by atoms with van der Waals surface area (Å²) in [6.45, 7) is 2.28. The van der Waals surface area contributed by atoms with Crippen molar-refractivity contribution in [2.75, 3.05) is 5.32 Å². The summed E-state index contributed by atoms with van der Waals surface area (Å²) in [5.74, 6) is 0.379. The van der Waals surface area contributed by atoms with Gasteiger partial charge >= 0.3 is 0 Å². The minimum atomic E-state index is 0.242. The van der Waals surface area contributed by atoms with Crippen LogP contribution in [0.25, 0.3) is 0 Å². The van der Waals surface area contributed by atoms with E-state index in [0.717, 1.165) is 5.69 Å². The van der Waals surface area contributed by atoms with Crippen molar-refractivity contribution < 1.29 is 0 Å². The number of anilines is 1. The molecular formula is C21H21N. The van der Waals surface area contributed by atoms with Crippen LogP contribution in [-0.4, -0.2) is 0 Å². The highest BCUT2D eigenvalue weighted by molar-refractivity contribution is 5.46. The Kier molecular flexibility index (Phi) is 4.55. The molecule has 0 heterocycles. The Balaban J connectivity index is 1.93. The molecule has 110 valence electrons. The molecule has 0 bridgehead atoms. The summed E-state index contributed by atoms with van der Waals surface area (Å²) in [6.07, 6.45) is 0. The Morgan fingerprint density at radius 3 is 1.59 bits per heavy atom. The Bertz CT molecular complexity index is 677. The molecule has 2 atom stereocenters. The van der Waals surface area contributed by atoms with Gasteiger partial charge in [0.15, 0.2) is 0 Å². The summed E-state index contributed by atoms with van der Waals surface area (Å²) in [5.41, 5.74) is 3.81. The van der Waals surface area contributed by atoms with E-state index in [1.54, 1.807) is 0 Å². The fraction of sp³-hybridized carbons (Fsp3) is 0.143. The van der Waals surface area contributed by atoms with Gasteiger partial charge in [-0.1, -0.05) is 85.8 Å². The van der Waals surface area contributed by atoms with Crippen molar-refractivity contribution in [3.05, 3.63) is 102 Å². The van der Waals surface area contributed by atoms with Crippen LogP contribution < -0.4 is 5.32 Å². The third kappa shape index (κ3) is 3.37. The van der Waals surface area contributed by atoms with Gasteiger partial charge in [0.25, 0.3) is 0 Å². The monoisotopic (exact) mass is 287 g/mol. The topological polar surface area (TPSA) is 12.0 Å². The largest absolute Gasteiger partial charge is 0.378 e. The molecule has 0 aliphatic carbocycles. The Hall–Kier alpha value is -2.54. The van der Waals surface area contributed by atoms with E-state index < -0.39 is 0 Å². The van der Waals surface area contributed by atoms with E-state index in [1.165, 1.54) is 11.1 Å². The van der Waals surface area contributed by atoms with Gasteiger partial charge in [-0.05, 0) is 23.3 Å². The van der Waals surface area contributed by atoms with Gasteiger partial charge in [-0.25, -0.2) is 0 Å². The molecule has 0 aliphatic rings. The summed E-state index contributed by atoms with van der Waals surface area (Å²) in [6, 6.07) is 32.0. The zero-order chi connectivity index (χ0) is 15.2. The predicted molar refractivity (Wildman–Crippen MR) is 94.1 cm³/mol. The van der Waals surface area contributed by atoms with E-state index >= 15 is 0 Å². The van der Waals surface area contributed by atoms with E-state index in [-0.39, 0.29) is 6.04 Å². The number of hydrogen-bond donors (Lipinski definition) is 1. The van der Waals surface area contributed by atoms with E-state index in [2.05, 4.69) is 97.2 Å². The molecule has 0 saturated heterocycles. The summed E-state index contributed by atoms with van der Waals surface area (Å²) in [7, 11) is 0. The molecule has 22 heavy (non-hydrogen) atoms. The molecule has 3 rings (SSSR count). The van der Waals surface area contributed by atoms with E-state index in [4.69, 9.17) is 0 Å². The SMILES string of the molecule is CC(c1ccccc1)C(Nc1ccccc1)c1ccccc1. The van der Waals surface area contributed by atoms with Crippen LogP contribution >= 0.6 is 0 Å². The maximum absolute atomic E-state index is 3.69. The fourth-order valence-electron chi connectivity index (χ4n) is 2.82. The maximum Gasteiger partial charge on any atom is 0.0579 e. The summed E-state index contributed by atoms with van der Waals surface area (Å²) in [4.78, 5) is 0. The third-order valence-electron chi connectivity index (χ3n) is 4.08. The Morgan fingerprint density at radius 1 is 0.591 bits per heavy atom. The van der Waals surface area contributed by atoms with Crippen LogP contribution in [0.15, 0.2) is 91.0 Å². The summed E-state index contributed by atoms with van der Waals surface area (Å²) < 4.78 is 0. The summed E-state index contributed by atoms with van der Waals surface area (Å²) >= 11 is 0. The van der Waals surface area contributed by atoms with Crippen molar-refractivity contribution in [2.24, 2.45) is 0 Å². The summed E-state index contributed by atoms with van der Waals surface area (Å²) in [5, 5.41) is 3.69. The molecule has 0 radical (unpaired) electrons. The number of benzene rings is 3. The van der Waals surface area contributed by atoms with Crippen LogP contribution in [0.1, 0.15) is 30.0 Å². The van der Waals surface area contributed by atoms with E-state index in [0.29, 0.717) is 5.92 Å². The van der Waals surface area contributed by atoms with Crippen molar-refractivity contribution in [3.63, 3.8) is 0 Å². The quantitative estimate of drug-likeness (QED) is 0.640. The maximum atomic E-state index is 3.69. The molecule has 3 aromatic rings. The van der Waals surface area contributed by atoms with Gasteiger partial charge in [0.2, 0.25) is 0 Å². The molecule has 0 fully saturated rings. The first-order valence-corrected chi connectivity index (χ1v) is 7.76. The average molecular weight is 287 g/mol. The lowest BCUT2D eigenvalue weighted by molar-refractivity contribution is 0.637. The van der Waals surface area contributed by atoms with Gasteiger partial charge in [0, 0.05) is 11.6 Å². The number of rotatable bonds is 5. The Labute approximate surface area is 132 Å². The van der Waals surface area contributed by atoms with Gasteiger partial charge in [-0.15, -0.1) is 0 Å². The van der Waals surface area contributed by atoms with Crippen LogP contribution in [0.4, 0.5) is 5.69 Å². The van der Waals surface area contributed by atoms with Crippen LogP contribution in [0.2, 0.25) is 0 Å². The fourth-order valence-corrected chi connectivity index (χ4v) is 2.82. The second-order valence-electron chi connectivity index (χ2n) is 5.60. The predicted octanol–water partition coefficient (Wildman–Crippen LogP) is 5.64. The van der Waals surface area contributed by atoms with Gasteiger partial charge in [-0.3, -0.25) is 0 Å². The molecule has 1 heteroatoms. The normalized spacial score (nSPS) is 13.3. The second-order valence-corrected chi connectivity index (χ2v) is 5.60. The number of hydrogen-bond acceptors (Lipinski definition) is 1. The first-order valence-electron chi connectivity index (χ1n) is 7.76. The third-order valence-corrected chi connectivity index (χ3v) is 4.08. The molecule has 0 aliphatic heterocycles. The lowest BCUT2D eigenvalue weighted by Crippen LogP contribution is -2.17. The van der Waals surface area contributed by atoms with E-state index in [9.17, 15) is 0 Å². The minimum absolute atomic E-state index is 0.242. The molecule has 1 nitrogen and oxygen atoms in total. The first-order chi connectivity index (χ1) is 10.8. The molecule has 3 aromatic carbocycles. The van der Waals surface area contributed by atoms with Crippen LogP contribution in [0, 0.1) is 0 Å². The highest BCUT2D eigenvalue weighted by atomic mass is 14.9. The minimum Gasteiger partial charge on any atom is -0.378 e. The molecule has 0 spiro atoms. The van der Waals surface area contributed by atoms with Gasteiger partial charge in [-0.2, -0.15) is 0 Å².